The van der Waals surface area contributed by atoms with Crippen LogP contribution in [0.25, 0.3) is 11.1 Å². The number of carbonyl (C=O) groups is 2. The van der Waals surface area contributed by atoms with Crippen molar-refractivity contribution in [2.45, 2.75) is 32.7 Å². The minimum absolute atomic E-state index is 0.0616. The van der Waals surface area contributed by atoms with Gasteiger partial charge in [0.1, 0.15) is 5.75 Å². The monoisotopic (exact) mass is 373 g/mol. The Morgan fingerprint density at radius 2 is 1.96 bits per heavy atom. The molecule has 1 fully saturated rings. The van der Waals surface area contributed by atoms with Crippen LogP contribution in [0.2, 0.25) is 0 Å². The van der Waals surface area contributed by atoms with Crippen LogP contribution < -0.4 is 4.74 Å². The minimum Gasteiger partial charge on any atom is -0.497 e. The average Bonchev–Trinajstić information content (AvgIpc) is 3.40. The van der Waals surface area contributed by atoms with E-state index in [9.17, 15) is 14.7 Å². The molecule has 1 N–H and O–H groups in total. The first-order valence-corrected chi connectivity index (χ1v) is 9.51. The van der Waals surface area contributed by atoms with Gasteiger partial charge in [-0.05, 0) is 49.1 Å². The number of amides is 1. The number of methoxy groups -OCH3 is 1. The summed E-state index contributed by atoms with van der Waals surface area (Å²) in [6.07, 6.45) is 1.90. The summed E-state index contributed by atoms with van der Waals surface area (Å²) in [7, 11) is 1.63. The van der Waals surface area contributed by atoms with E-state index in [4.69, 9.17) is 4.74 Å². The van der Waals surface area contributed by atoms with Crippen LogP contribution in [-0.2, 0) is 4.79 Å². The van der Waals surface area contributed by atoms with E-state index in [-0.39, 0.29) is 18.5 Å². The SMILES string of the molecule is COc1ccc(-c2cc(C(=O)N(CC(C)C(=O)O)C3CC3)sc2C)cc1. The molecule has 0 radical (unpaired) electrons. The van der Waals surface area contributed by atoms with Gasteiger partial charge >= 0.3 is 5.97 Å². The average molecular weight is 373 g/mol. The molecule has 138 valence electrons. The molecule has 0 spiro atoms. The normalized spacial score (nSPS) is 14.7. The van der Waals surface area contributed by atoms with E-state index in [2.05, 4.69) is 0 Å². The molecule has 1 saturated carbocycles. The number of benzene rings is 1. The van der Waals surface area contributed by atoms with Gasteiger partial charge in [-0.25, -0.2) is 0 Å². The lowest BCUT2D eigenvalue weighted by Crippen LogP contribution is -2.38. The zero-order valence-corrected chi connectivity index (χ0v) is 16.0. The van der Waals surface area contributed by atoms with Gasteiger partial charge in [0.15, 0.2) is 0 Å². The van der Waals surface area contributed by atoms with Crippen LogP contribution in [0, 0.1) is 12.8 Å². The highest BCUT2D eigenvalue weighted by Crippen LogP contribution is 2.35. The van der Waals surface area contributed by atoms with Crippen molar-refractivity contribution in [2.24, 2.45) is 5.92 Å². The van der Waals surface area contributed by atoms with E-state index < -0.39 is 11.9 Å². The Bertz CT molecular complexity index is 808. The number of thiophene rings is 1. The molecule has 26 heavy (non-hydrogen) atoms. The molecule has 3 rings (SSSR count). The summed E-state index contributed by atoms with van der Waals surface area (Å²) in [4.78, 5) is 27.7. The Hall–Kier alpha value is -2.34. The highest BCUT2D eigenvalue weighted by molar-refractivity contribution is 7.14. The second kappa shape index (κ2) is 7.50. The highest BCUT2D eigenvalue weighted by Gasteiger charge is 2.35. The third-order valence-electron chi connectivity index (χ3n) is 4.67. The minimum atomic E-state index is -0.871. The number of hydrogen-bond donors (Lipinski definition) is 1. The molecule has 1 unspecified atom stereocenters. The lowest BCUT2D eigenvalue weighted by atomic mass is 10.1. The molecule has 0 saturated heterocycles. The van der Waals surface area contributed by atoms with Crippen molar-refractivity contribution in [1.82, 2.24) is 4.90 Å². The number of aliphatic carboxylic acids is 1. The Balaban J connectivity index is 1.84. The van der Waals surface area contributed by atoms with E-state index in [1.807, 2.05) is 37.3 Å². The number of aryl methyl sites for hydroxylation is 1. The Kier molecular flexibility index (Phi) is 5.32. The maximum absolute atomic E-state index is 13.0. The summed E-state index contributed by atoms with van der Waals surface area (Å²) in [6, 6.07) is 9.86. The van der Waals surface area contributed by atoms with Gasteiger partial charge in [0.2, 0.25) is 0 Å². The fraction of sp³-hybridized carbons (Fsp3) is 0.400. The fourth-order valence-electron chi connectivity index (χ4n) is 2.94. The van der Waals surface area contributed by atoms with E-state index in [1.54, 1.807) is 18.9 Å². The van der Waals surface area contributed by atoms with Crippen LogP contribution in [-0.4, -0.2) is 41.6 Å². The molecule has 1 heterocycles. The number of nitrogens with zero attached hydrogens (tertiary/aromatic N) is 1. The number of hydrogen-bond acceptors (Lipinski definition) is 4. The van der Waals surface area contributed by atoms with E-state index >= 15 is 0 Å². The lowest BCUT2D eigenvalue weighted by molar-refractivity contribution is -0.141. The van der Waals surface area contributed by atoms with Gasteiger partial charge in [0.05, 0.1) is 17.9 Å². The smallest absolute Gasteiger partial charge is 0.308 e. The fourth-order valence-corrected chi connectivity index (χ4v) is 3.94. The van der Waals surface area contributed by atoms with Crippen molar-refractivity contribution in [1.29, 1.82) is 0 Å². The molecule has 1 aliphatic rings. The predicted octanol–water partition coefficient (Wildman–Crippen LogP) is 4.06. The molecular formula is C20H23NO4S. The van der Waals surface area contributed by atoms with Crippen LogP contribution in [0.5, 0.6) is 5.75 Å². The number of rotatable bonds is 7. The van der Waals surface area contributed by atoms with E-state index in [0.717, 1.165) is 34.6 Å². The second-order valence-electron chi connectivity index (χ2n) is 6.74. The van der Waals surface area contributed by atoms with Crippen LogP contribution in [0.3, 0.4) is 0 Å². The third-order valence-corrected chi connectivity index (χ3v) is 5.71. The Morgan fingerprint density at radius 1 is 1.31 bits per heavy atom. The molecule has 1 aromatic carbocycles. The highest BCUT2D eigenvalue weighted by atomic mass is 32.1. The number of carboxylic acids is 1. The van der Waals surface area contributed by atoms with E-state index in [1.165, 1.54) is 11.3 Å². The summed E-state index contributed by atoms with van der Waals surface area (Å²) in [5.41, 5.74) is 2.07. The number of carboxylic acid groups (broad SMARTS) is 1. The Labute approximate surface area is 157 Å². The Morgan fingerprint density at radius 3 is 2.50 bits per heavy atom. The maximum atomic E-state index is 13.0. The molecule has 5 nitrogen and oxygen atoms in total. The maximum Gasteiger partial charge on any atom is 0.308 e. The molecule has 1 aromatic heterocycles. The summed E-state index contributed by atoms with van der Waals surface area (Å²) in [5.74, 6) is -0.708. The molecule has 6 heteroatoms. The van der Waals surface area contributed by atoms with Gasteiger partial charge < -0.3 is 14.7 Å². The molecule has 0 aliphatic heterocycles. The largest absolute Gasteiger partial charge is 0.497 e. The van der Waals surface area contributed by atoms with Crippen molar-refractivity contribution in [3.63, 3.8) is 0 Å². The summed E-state index contributed by atoms with van der Waals surface area (Å²) < 4.78 is 5.19. The molecule has 1 aliphatic carbocycles. The van der Waals surface area contributed by atoms with Gasteiger partial charge in [-0.2, -0.15) is 0 Å². The van der Waals surface area contributed by atoms with Gasteiger partial charge in [0.25, 0.3) is 5.91 Å². The molecular weight excluding hydrogens is 350 g/mol. The summed E-state index contributed by atoms with van der Waals surface area (Å²) >= 11 is 1.47. The van der Waals surface area contributed by atoms with E-state index in [0.29, 0.717) is 4.88 Å². The zero-order valence-electron chi connectivity index (χ0n) is 15.2. The van der Waals surface area contributed by atoms with Gasteiger partial charge in [-0.3, -0.25) is 9.59 Å². The predicted molar refractivity (Wildman–Crippen MR) is 102 cm³/mol. The van der Waals surface area contributed by atoms with Crippen LogP contribution in [0.4, 0.5) is 0 Å². The number of carbonyl (C=O) groups excluding carboxylic acids is 1. The van der Waals surface area contributed by atoms with Crippen molar-refractivity contribution < 1.29 is 19.4 Å². The third kappa shape index (κ3) is 3.90. The van der Waals surface area contributed by atoms with Crippen LogP contribution in [0.1, 0.15) is 34.3 Å². The summed E-state index contributed by atoms with van der Waals surface area (Å²) in [5, 5.41) is 9.18. The first kappa shape index (κ1) is 18.5. The number of ether oxygens (including phenoxy) is 1. The first-order valence-electron chi connectivity index (χ1n) is 8.69. The zero-order chi connectivity index (χ0) is 18.8. The molecule has 1 amide bonds. The lowest BCUT2D eigenvalue weighted by Gasteiger charge is -2.23. The van der Waals surface area contributed by atoms with Crippen molar-refractivity contribution in [3.8, 4) is 16.9 Å². The quantitative estimate of drug-likeness (QED) is 0.795. The van der Waals surface area contributed by atoms with Crippen LogP contribution in [0.15, 0.2) is 30.3 Å². The summed E-state index contributed by atoms with van der Waals surface area (Å²) in [6.45, 7) is 3.91. The van der Waals surface area contributed by atoms with Gasteiger partial charge in [0, 0.05) is 17.5 Å². The topological polar surface area (TPSA) is 66.8 Å². The standard InChI is InChI=1S/C20H23NO4S/c1-12(20(23)24)11-21(15-6-7-15)19(22)18-10-17(13(2)26-18)14-4-8-16(25-3)9-5-14/h4-5,8-10,12,15H,6-7,11H2,1-3H3,(H,23,24). The molecule has 1 atom stereocenters. The second-order valence-corrected chi connectivity index (χ2v) is 7.99. The van der Waals surface area contributed by atoms with Crippen molar-refractivity contribution >= 4 is 23.2 Å². The van der Waals surface area contributed by atoms with Crippen molar-refractivity contribution in [3.05, 3.63) is 40.1 Å². The van der Waals surface area contributed by atoms with Gasteiger partial charge in [-0.1, -0.05) is 19.1 Å². The van der Waals surface area contributed by atoms with Crippen molar-refractivity contribution in [2.75, 3.05) is 13.7 Å². The molecule has 2 aromatic rings. The van der Waals surface area contributed by atoms with Gasteiger partial charge in [-0.15, -0.1) is 11.3 Å². The first-order chi connectivity index (χ1) is 12.4. The van der Waals surface area contributed by atoms with Crippen LogP contribution >= 0.6 is 11.3 Å². The molecule has 0 bridgehead atoms.